The molecular formula is C19H26N2O4S2. The fraction of sp³-hybridized carbons (Fsp3) is 0.579. The number of thioether (sulfide) groups is 1. The maximum atomic E-state index is 12.2. The lowest BCUT2D eigenvalue weighted by atomic mass is 10.2. The first kappa shape index (κ1) is 20.2. The summed E-state index contributed by atoms with van der Waals surface area (Å²) in [4.78, 5) is 18.4. The Morgan fingerprint density at radius 3 is 2.85 bits per heavy atom. The van der Waals surface area contributed by atoms with Crippen molar-refractivity contribution in [2.24, 2.45) is 10.9 Å². The summed E-state index contributed by atoms with van der Waals surface area (Å²) in [6.45, 7) is 6.37. The van der Waals surface area contributed by atoms with E-state index in [2.05, 4.69) is 11.9 Å². The van der Waals surface area contributed by atoms with Gasteiger partial charge in [-0.25, -0.2) is 8.42 Å². The van der Waals surface area contributed by atoms with Crippen LogP contribution >= 0.6 is 11.8 Å². The Labute approximate surface area is 165 Å². The highest BCUT2D eigenvalue weighted by Crippen LogP contribution is 2.41. The largest absolute Gasteiger partial charge is 0.494 e. The number of fused-ring (bicyclic) bond motifs is 1. The predicted octanol–water partition coefficient (Wildman–Crippen LogP) is 3.12. The molecule has 1 amide bonds. The number of hydrogen-bond acceptors (Lipinski definition) is 5. The summed E-state index contributed by atoms with van der Waals surface area (Å²) in [6.07, 6.45) is 2.03. The summed E-state index contributed by atoms with van der Waals surface area (Å²) in [6, 6.07) is 7.39. The van der Waals surface area contributed by atoms with Crippen molar-refractivity contribution in [1.82, 2.24) is 0 Å². The van der Waals surface area contributed by atoms with Crippen LogP contribution in [0.5, 0.6) is 5.75 Å². The summed E-state index contributed by atoms with van der Waals surface area (Å²) in [5, 5.41) is 0.489. The maximum Gasteiger partial charge on any atom is 0.250 e. The van der Waals surface area contributed by atoms with Gasteiger partial charge in [0.25, 0.3) is 5.91 Å². The second-order valence-corrected chi connectivity index (χ2v) is 10.6. The van der Waals surface area contributed by atoms with Gasteiger partial charge >= 0.3 is 0 Å². The second-order valence-electron chi connectivity index (χ2n) is 7.26. The highest BCUT2D eigenvalue weighted by Gasteiger charge is 2.49. The van der Waals surface area contributed by atoms with E-state index in [1.807, 2.05) is 43.0 Å². The van der Waals surface area contributed by atoms with Crippen LogP contribution in [0, 0.1) is 5.92 Å². The molecule has 2 heterocycles. The van der Waals surface area contributed by atoms with Crippen LogP contribution in [0.25, 0.3) is 0 Å². The standard InChI is InChI=1S/C19H26N2O4S2/c1-4-5-9-25-15-8-6-7-14(10-15)21-16-11-27(23,24)12-17(16)26-19(21)20-18(22)13(2)3/h6-8,10,13,16-17H,4-5,9,11-12H2,1-3H3/t16-,17-/m0/s1. The van der Waals surface area contributed by atoms with Gasteiger partial charge in [0.1, 0.15) is 5.75 Å². The molecule has 0 aromatic heterocycles. The van der Waals surface area contributed by atoms with Crippen LogP contribution in [0.2, 0.25) is 0 Å². The number of aliphatic imine (C=N–C) groups is 1. The molecule has 1 aromatic rings. The smallest absolute Gasteiger partial charge is 0.250 e. The third-order valence-corrected chi connectivity index (χ3v) is 7.84. The molecule has 6 nitrogen and oxygen atoms in total. The molecule has 2 aliphatic rings. The molecule has 2 atom stereocenters. The van der Waals surface area contributed by atoms with Gasteiger partial charge in [-0.2, -0.15) is 4.99 Å². The van der Waals surface area contributed by atoms with Crippen molar-refractivity contribution < 1.29 is 17.9 Å². The fourth-order valence-corrected chi connectivity index (χ4v) is 7.07. The average molecular weight is 411 g/mol. The number of hydrogen-bond donors (Lipinski definition) is 0. The highest BCUT2D eigenvalue weighted by atomic mass is 32.2. The summed E-state index contributed by atoms with van der Waals surface area (Å²) in [5.41, 5.74) is 0.816. The van der Waals surface area contributed by atoms with Gasteiger partial charge in [0, 0.05) is 22.9 Å². The van der Waals surface area contributed by atoms with E-state index in [4.69, 9.17) is 4.74 Å². The van der Waals surface area contributed by atoms with Gasteiger partial charge in [0.15, 0.2) is 15.0 Å². The van der Waals surface area contributed by atoms with E-state index in [9.17, 15) is 13.2 Å². The Hall–Kier alpha value is -1.54. The average Bonchev–Trinajstić information content (AvgIpc) is 3.06. The molecule has 0 bridgehead atoms. The number of amides is 1. The molecule has 3 rings (SSSR count). The van der Waals surface area contributed by atoms with Crippen LogP contribution in [0.3, 0.4) is 0 Å². The van der Waals surface area contributed by atoms with Crippen LogP contribution in [0.1, 0.15) is 33.6 Å². The molecule has 0 radical (unpaired) electrons. The van der Waals surface area contributed by atoms with Crippen molar-refractivity contribution in [1.29, 1.82) is 0 Å². The third-order valence-electron chi connectivity index (χ3n) is 4.63. The summed E-state index contributed by atoms with van der Waals surface area (Å²) in [7, 11) is -3.08. The minimum Gasteiger partial charge on any atom is -0.494 e. The number of sulfone groups is 1. The molecule has 0 aliphatic carbocycles. The molecule has 27 heavy (non-hydrogen) atoms. The molecule has 2 aliphatic heterocycles. The number of ether oxygens (including phenoxy) is 1. The normalized spacial score (nSPS) is 25.2. The van der Waals surface area contributed by atoms with Gasteiger partial charge in [0.2, 0.25) is 0 Å². The van der Waals surface area contributed by atoms with E-state index in [-0.39, 0.29) is 34.6 Å². The molecule has 0 spiro atoms. The molecular weight excluding hydrogens is 384 g/mol. The molecule has 1 aromatic carbocycles. The number of carbonyl (C=O) groups excluding carboxylic acids is 1. The summed E-state index contributed by atoms with van der Waals surface area (Å²) >= 11 is 1.39. The van der Waals surface area contributed by atoms with E-state index in [1.54, 1.807) is 0 Å². The Morgan fingerprint density at radius 2 is 2.15 bits per heavy atom. The lowest BCUT2D eigenvalue weighted by Gasteiger charge is -2.25. The number of amidine groups is 1. The van der Waals surface area contributed by atoms with E-state index >= 15 is 0 Å². The van der Waals surface area contributed by atoms with Crippen LogP contribution in [-0.2, 0) is 14.6 Å². The zero-order valence-corrected chi connectivity index (χ0v) is 17.6. The van der Waals surface area contributed by atoms with Crippen molar-refractivity contribution in [3.63, 3.8) is 0 Å². The van der Waals surface area contributed by atoms with Gasteiger partial charge in [-0.3, -0.25) is 4.79 Å². The first-order valence-corrected chi connectivity index (χ1v) is 12.0. The number of anilines is 1. The minimum atomic E-state index is -3.08. The molecule has 0 N–H and O–H groups in total. The zero-order chi connectivity index (χ0) is 19.6. The number of nitrogens with zero attached hydrogens (tertiary/aromatic N) is 2. The Kier molecular flexibility index (Phi) is 6.15. The van der Waals surface area contributed by atoms with Gasteiger partial charge in [-0.1, -0.05) is 45.0 Å². The van der Waals surface area contributed by atoms with Crippen molar-refractivity contribution >= 4 is 38.4 Å². The number of carbonyl (C=O) groups is 1. The third kappa shape index (κ3) is 4.66. The quantitative estimate of drug-likeness (QED) is 0.671. The molecule has 8 heteroatoms. The first-order chi connectivity index (χ1) is 12.8. The SMILES string of the molecule is CCCCOc1cccc(N2C(=NC(=O)C(C)C)S[C@H]3CS(=O)(=O)C[C@@H]32)c1. The second kappa shape index (κ2) is 8.22. The van der Waals surface area contributed by atoms with Crippen molar-refractivity contribution in [3.05, 3.63) is 24.3 Å². The summed E-state index contributed by atoms with van der Waals surface area (Å²) in [5.74, 6) is 0.555. The van der Waals surface area contributed by atoms with Crippen molar-refractivity contribution in [2.45, 2.75) is 44.9 Å². The Morgan fingerprint density at radius 1 is 1.37 bits per heavy atom. The van der Waals surface area contributed by atoms with E-state index in [0.29, 0.717) is 11.8 Å². The fourth-order valence-electron chi connectivity index (χ4n) is 3.15. The molecule has 0 saturated carbocycles. The van der Waals surface area contributed by atoms with Crippen LogP contribution in [0.15, 0.2) is 29.3 Å². The number of benzene rings is 1. The Balaban J connectivity index is 1.92. The van der Waals surface area contributed by atoms with Gasteiger partial charge < -0.3 is 9.64 Å². The molecule has 2 fully saturated rings. The van der Waals surface area contributed by atoms with Crippen molar-refractivity contribution in [2.75, 3.05) is 23.0 Å². The number of rotatable bonds is 6. The van der Waals surface area contributed by atoms with Gasteiger partial charge in [-0.05, 0) is 18.6 Å². The van der Waals surface area contributed by atoms with E-state index in [1.165, 1.54) is 11.8 Å². The predicted molar refractivity (Wildman–Crippen MR) is 110 cm³/mol. The van der Waals surface area contributed by atoms with Crippen LogP contribution < -0.4 is 9.64 Å². The molecule has 0 unspecified atom stereocenters. The van der Waals surface area contributed by atoms with Crippen LogP contribution in [0.4, 0.5) is 5.69 Å². The van der Waals surface area contributed by atoms with Gasteiger partial charge in [0.05, 0.1) is 24.2 Å². The first-order valence-electron chi connectivity index (χ1n) is 9.32. The molecule has 148 valence electrons. The maximum absolute atomic E-state index is 12.2. The van der Waals surface area contributed by atoms with Crippen LogP contribution in [-0.4, -0.2) is 48.9 Å². The topological polar surface area (TPSA) is 76.0 Å². The van der Waals surface area contributed by atoms with Crippen molar-refractivity contribution in [3.8, 4) is 5.75 Å². The lowest BCUT2D eigenvalue weighted by Crippen LogP contribution is -2.37. The zero-order valence-electron chi connectivity index (χ0n) is 15.9. The Bertz CT molecular complexity index is 836. The number of unbranched alkanes of at least 4 members (excludes halogenated alkanes) is 1. The highest BCUT2D eigenvalue weighted by molar-refractivity contribution is 8.16. The molecule has 2 saturated heterocycles. The lowest BCUT2D eigenvalue weighted by molar-refractivity contribution is -0.120. The van der Waals surface area contributed by atoms with E-state index in [0.717, 1.165) is 24.3 Å². The van der Waals surface area contributed by atoms with E-state index < -0.39 is 9.84 Å². The minimum absolute atomic E-state index is 0.0838. The summed E-state index contributed by atoms with van der Waals surface area (Å²) < 4.78 is 30.1. The monoisotopic (exact) mass is 410 g/mol. The van der Waals surface area contributed by atoms with Gasteiger partial charge in [-0.15, -0.1) is 0 Å².